The van der Waals surface area contributed by atoms with Gasteiger partial charge in [0, 0.05) is 10.5 Å². The highest BCUT2D eigenvalue weighted by Gasteiger charge is 2.45. The van der Waals surface area contributed by atoms with Gasteiger partial charge in [-0.15, -0.1) is 0 Å². The molecule has 2 nitrogen and oxygen atoms in total. The zero-order valence-electron chi connectivity index (χ0n) is 10.3. The van der Waals surface area contributed by atoms with Gasteiger partial charge in [-0.2, -0.15) is 17.0 Å². The van der Waals surface area contributed by atoms with Crippen LogP contribution in [0.3, 0.4) is 0 Å². The van der Waals surface area contributed by atoms with Crippen molar-refractivity contribution in [1.29, 1.82) is 5.26 Å². The number of nitrogens with zero attached hydrogens (tertiary/aromatic N) is 1. The number of thioether (sulfide) groups is 1. The average Bonchev–Trinajstić information content (AvgIpc) is 2.94. The summed E-state index contributed by atoms with van der Waals surface area (Å²) in [5.41, 5.74) is -0.271. The van der Waals surface area contributed by atoms with Gasteiger partial charge in [-0.1, -0.05) is 27.7 Å². The summed E-state index contributed by atoms with van der Waals surface area (Å²) in [6.45, 7) is 9.58. The molecule has 0 heterocycles. The number of hydrogen-bond acceptors (Lipinski definition) is 3. The van der Waals surface area contributed by atoms with Crippen LogP contribution in [0.4, 0.5) is 0 Å². The summed E-state index contributed by atoms with van der Waals surface area (Å²) < 4.78 is 0.242. The molecule has 0 spiro atoms. The highest BCUT2D eigenvalue weighted by atomic mass is 32.2. The normalized spacial score (nSPS) is 20.7. The van der Waals surface area contributed by atoms with Crippen LogP contribution in [0.25, 0.3) is 0 Å². The SMILES string of the molecule is CCNC(C#N)(CSC(C)(C)C)C1CC1. The molecule has 3 heteroatoms. The second-order valence-corrected chi connectivity index (χ2v) is 7.09. The van der Waals surface area contributed by atoms with Crippen molar-refractivity contribution in [2.24, 2.45) is 5.92 Å². The molecule has 0 saturated heterocycles. The van der Waals surface area contributed by atoms with E-state index in [-0.39, 0.29) is 10.3 Å². The molecule has 15 heavy (non-hydrogen) atoms. The lowest BCUT2D eigenvalue weighted by Gasteiger charge is -2.30. The smallest absolute Gasteiger partial charge is 0.118 e. The molecule has 0 radical (unpaired) electrons. The van der Waals surface area contributed by atoms with Gasteiger partial charge in [0.25, 0.3) is 0 Å². The monoisotopic (exact) mass is 226 g/mol. The van der Waals surface area contributed by atoms with Crippen LogP contribution < -0.4 is 5.32 Å². The minimum absolute atomic E-state index is 0.242. The minimum atomic E-state index is -0.271. The summed E-state index contributed by atoms with van der Waals surface area (Å²) in [5, 5.41) is 12.8. The maximum Gasteiger partial charge on any atom is 0.118 e. The second-order valence-electron chi connectivity index (χ2n) is 5.29. The highest BCUT2D eigenvalue weighted by Crippen LogP contribution is 2.42. The van der Waals surface area contributed by atoms with Gasteiger partial charge < -0.3 is 0 Å². The van der Waals surface area contributed by atoms with Gasteiger partial charge in [0.05, 0.1) is 6.07 Å². The number of rotatable bonds is 5. The molecule has 1 atom stereocenters. The lowest BCUT2D eigenvalue weighted by Crippen LogP contribution is -2.49. The summed E-state index contributed by atoms with van der Waals surface area (Å²) >= 11 is 1.89. The first-order valence-electron chi connectivity index (χ1n) is 5.74. The largest absolute Gasteiger partial charge is 0.299 e. The van der Waals surface area contributed by atoms with E-state index in [1.165, 1.54) is 12.8 Å². The Labute approximate surface area is 97.8 Å². The van der Waals surface area contributed by atoms with E-state index in [4.69, 9.17) is 0 Å². The highest BCUT2D eigenvalue weighted by molar-refractivity contribution is 8.00. The van der Waals surface area contributed by atoms with Crippen molar-refractivity contribution < 1.29 is 0 Å². The lowest BCUT2D eigenvalue weighted by molar-refractivity contribution is 0.415. The molecule has 0 aromatic carbocycles. The van der Waals surface area contributed by atoms with Crippen molar-refractivity contribution in [2.45, 2.75) is 50.8 Å². The van der Waals surface area contributed by atoms with E-state index in [1.54, 1.807) is 0 Å². The Morgan fingerprint density at radius 2 is 2.00 bits per heavy atom. The molecule has 1 saturated carbocycles. The number of nitrogens with one attached hydrogen (secondary N) is 1. The molecule has 1 unspecified atom stereocenters. The Morgan fingerprint density at radius 3 is 2.33 bits per heavy atom. The van der Waals surface area contributed by atoms with Crippen LogP contribution >= 0.6 is 11.8 Å². The topological polar surface area (TPSA) is 35.8 Å². The summed E-state index contributed by atoms with van der Waals surface area (Å²) in [6.07, 6.45) is 2.43. The van der Waals surface area contributed by atoms with Gasteiger partial charge in [-0.05, 0) is 25.3 Å². The summed E-state index contributed by atoms with van der Waals surface area (Å²) in [7, 11) is 0. The molecule has 1 rings (SSSR count). The molecule has 1 aliphatic rings. The van der Waals surface area contributed by atoms with Crippen LogP contribution in [0.5, 0.6) is 0 Å². The zero-order valence-corrected chi connectivity index (χ0v) is 11.1. The first-order chi connectivity index (χ1) is 6.93. The standard InChI is InChI=1S/C12H22N2S/c1-5-14-12(8-13,10-6-7-10)9-15-11(2,3)4/h10,14H,5-7,9H2,1-4H3. The molecule has 0 amide bonds. The van der Waals surface area contributed by atoms with E-state index in [0.717, 1.165) is 12.3 Å². The van der Waals surface area contributed by atoms with Gasteiger partial charge in [0.2, 0.25) is 0 Å². The van der Waals surface area contributed by atoms with Gasteiger partial charge in [-0.3, -0.25) is 5.32 Å². The Balaban J connectivity index is 2.60. The molecule has 1 N–H and O–H groups in total. The maximum absolute atomic E-state index is 9.39. The molecule has 86 valence electrons. The van der Waals surface area contributed by atoms with Crippen LogP contribution in [0.15, 0.2) is 0 Å². The van der Waals surface area contributed by atoms with E-state index in [1.807, 2.05) is 11.8 Å². The van der Waals surface area contributed by atoms with E-state index < -0.39 is 0 Å². The van der Waals surface area contributed by atoms with Gasteiger partial charge in [-0.25, -0.2) is 0 Å². The second kappa shape index (κ2) is 4.76. The van der Waals surface area contributed by atoms with Crippen LogP contribution in [0.2, 0.25) is 0 Å². The summed E-state index contributed by atoms with van der Waals surface area (Å²) in [5.74, 6) is 1.49. The molecule has 0 aromatic heterocycles. The van der Waals surface area contributed by atoms with E-state index in [2.05, 4.69) is 39.1 Å². The first kappa shape index (κ1) is 12.9. The molecule has 0 aliphatic heterocycles. The van der Waals surface area contributed by atoms with Crippen LogP contribution in [0.1, 0.15) is 40.5 Å². The molecule has 1 aliphatic carbocycles. The van der Waals surface area contributed by atoms with E-state index in [9.17, 15) is 5.26 Å². The quantitative estimate of drug-likeness (QED) is 0.783. The van der Waals surface area contributed by atoms with E-state index in [0.29, 0.717) is 5.92 Å². The molecule has 0 bridgehead atoms. The van der Waals surface area contributed by atoms with Crippen LogP contribution in [-0.4, -0.2) is 22.6 Å². The van der Waals surface area contributed by atoms with Gasteiger partial charge in [0.15, 0.2) is 0 Å². The fourth-order valence-electron chi connectivity index (χ4n) is 1.70. The third-order valence-corrected chi connectivity index (χ3v) is 4.16. The third-order valence-electron chi connectivity index (χ3n) is 2.70. The first-order valence-corrected chi connectivity index (χ1v) is 6.72. The molecular formula is C12H22N2S. The third kappa shape index (κ3) is 3.70. The summed E-state index contributed by atoms with van der Waals surface area (Å²) in [6, 6.07) is 2.52. The zero-order chi connectivity index (χ0) is 11.5. The van der Waals surface area contributed by atoms with E-state index >= 15 is 0 Å². The van der Waals surface area contributed by atoms with Crippen molar-refractivity contribution in [3.8, 4) is 6.07 Å². The average molecular weight is 226 g/mol. The number of nitriles is 1. The van der Waals surface area contributed by atoms with Crippen molar-refractivity contribution in [1.82, 2.24) is 5.32 Å². The lowest BCUT2D eigenvalue weighted by atomic mass is 9.98. The van der Waals surface area contributed by atoms with Crippen molar-refractivity contribution in [3.05, 3.63) is 0 Å². The molecule has 1 fully saturated rings. The van der Waals surface area contributed by atoms with Crippen molar-refractivity contribution in [2.75, 3.05) is 12.3 Å². The van der Waals surface area contributed by atoms with Crippen LogP contribution in [-0.2, 0) is 0 Å². The minimum Gasteiger partial charge on any atom is -0.299 e. The predicted molar refractivity (Wildman–Crippen MR) is 67.0 cm³/mol. The molecule has 0 aromatic rings. The van der Waals surface area contributed by atoms with Crippen molar-refractivity contribution in [3.63, 3.8) is 0 Å². The number of hydrogen-bond donors (Lipinski definition) is 1. The van der Waals surface area contributed by atoms with Gasteiger partial charge >= 0.3 is 0 Å². The Kier molecular flexibility index (Phi) is 4.08. The fraction of sp³-hybridized carbons (Fsp3) is 0.917. The Morgan fingerprint density at radius 1 is 1.40 bits per heavy atom. The van der Waals surface area contributed by atoms with Crippen molar-refractivity contribution >= 4 is 11.8 Å². The predicted octanol–water partition coefficient (Wildman–Crippen LogP) is 2.80. The Bertz CT molecular complexity index is 247. The van der Waals surface area contributed by atoms with Crippen LogP contribution in [0, 0.1) is 17.2 Å². The Hall–Kier alpha value is -0.200. The van der Waals surface area contributed by atoms with Gasteiger partial charge in [0.1, 0.15) is 5.54 Å². The summed E-state index contributed by atoms with van der Waals surface area (Å²) in [4.78, 5) is 0. The molecular weight excluding hydrogens is 204 g/mol. The fourth-order valence-corrected chi connectivity index (χ4v) is 2.76. The maximum atomic E-state index is 9.39.